The van der Waals surface area contributed by atoms with Crippen LogP contribution in [0, 0.1) is 6.20 Å². The molecule has 0 fully saturated rings. The van der Waals surface area contributed by atoms with E-state index in [4.69, 9.17) is 9.47 Å². The van der Waals surface area contributed by atoms with Crippen LogP contribution < -0.4 is 9.47 Å². The van der Waals surface area contributed by atoms with E-state index in [2.05, 4.69) is 11.2 Å². The SMILES string of the molecule is COc1cccc(-c2n[c]cs2)c1OC. The van der Waals surface area contributed by atoms with Gasteiger partial charge >= 0.3 is 0 Å². The minimum Gasteiger partial charge on any atom is -0.493 e. The Morgan fingerprint density at radius 3 is 2.73 bits per heavy atom. The van der Waals surface area contributed by atoms with E-state index in [-0.39, 0.29) is 0 Å². The summed E-state index contributed by atoms with van der Waals surface area (Å²) in [7, 11) is 3.24. The smallest absolute Gasteiger partial charge is 0.170 e. The first-order valence-corrected chi connectivity index (χ1v) is 5.27. The molecule has 3 nitrogen and oxygen atoms in total. The van der Waals surface area contributed by atoms with Crippen LogP contribution in [0.4, 0.5) is 0 Å². The van der Waals surface area contributed by atoms with E-state index in [9.17, 15) is 0 Å². The molecule has 1 aromatic carbocycles. The van der Waals surface area contributed by atoms with E-state index in [1.807, 2.05) is 23.6 Å². The second-order valence-electron chi connectivity index (χ2n) is 2.82. The number of benzene rings is 1. The van der Waals surface area contributed by atoms with Gasteiger partial charge in [0.1, 0.15) is 11.2 Å². The minimum atomic E-state index is 0.711. The molecule has 0 bridgehead atoms. The number of aromatic nitrogens is 1. The van der Waals surface area contributed by atoms with E-state index in [1.54, 1.807) is 14.2 Å². The van der Waals surface area contributed by atoms with Gasteiger partial charge in [0, 0.05) is 5.38 Å². The number of hydrogen-bond donors (Lipinski definition) is 0. The second kappa shape index (κ2) is 4.31. The monoisotopic (exact) mass is 220 g/mol. The minimum absolute atomic E-state index is 0.711. The molecular formula is C11H10NO2S. The summed E-state index contributed by atoms with van der Waals surface area (Å²) < 4.78 is 10.5. The summed E-state index contributed by atoms with van der Waals surface area (Å²) in [6, 6.07) is 5.73. The summed E-state index contributed by atoms with van der Waals surface area (Å²) >= 11 is 1.52. The average molecular weight is 220 g/mol. The summed E-state index contributed by atoms with van der Waals surface area (Å²) in [4.78, 5) is 4.13. The molecule has 0 atom stereocenters. The lowest BCUT2D eigenvalue weighted by atomic mass is 10.2. The third-order valence-corrected chi connectivity index (χ3v) is 2.78. The van der Waals surface area contributed by atoms with Gasteiger partial charge in [-0.15, -0.1) is 11.3 Å². The van der Waals surface area contributed by atoms with E-state index in [0.717, 1.165) is 10.6 Å². The third-order valence-electron chi connectivity index (χ3n) is 2.02. The van der Waals surface area contributed by atoms with Crippen LogP contribution in [0.15, 0.2) is 23.6 Å². The molecule has 0 unspecified atom stereocenters. The van der Waals surface area contributed by atoms with Crippen molar-refractivity contribution in [3.63, 3.8) is 0 Å². The van der Waals surface area contributed by atoms with Gasteiger partial charge in [0.05, 0.1) is 19.8 Å². The number of rotatable bonds is 3. The standard InChI is InChI=1S/C11H10NO2S/c1-13-9-5-3-4-8(10(9)14-2)11-12-6-7-15-11/h3-5,7H,1-2H3. The van der Waals surface area contributed by atoms with Crippen molar-refractivity contribution in [3.05, 3.63) is 29.8 Å². The molecule has 15 heavy (non-hydrogen) atoms. The molecular weight excluding hydrogens is 210 g/mol. The van der Waals surface area contributed by atoms with Gasteiger partial charge in [-0.05, 0) is 12.1 Å². The van der Waals surface area contributed by atoms with Gasteiger partial charge in [0.15, 0.2) is 11.5 Å². The van der Waals surface area contributed by atoms with Crippen molar-refractivity contribution in [1.29, 1.82) is 0 Å². The summed E-state index contributed by atoms with van der Waals surface area (Å²) in [6.07, 6.45) is 2.79. The first-order chi connectivity index (χ1) is 7.36. The first kappa shape index (κ1) is 9.98. The summed E-state index contributed by atoms with van der Waals surface area (Å²) in [5.74, 6) is 1.42. The Labute approximate surface area is 92.3 Å². The average Bonchev–Trinajstić information content (AvgIpc) is 2.81. The number of methoxy groups -OCH3 is 2. The van der Waals surface area contributed by atoms with Gasteiger partial charge in [-0.2, -0.15) is 0 Å². The number of para-hydroxylation sites is 1. The van der Waals surface area contributed by atoms with Crippen molar-refractivity contribution >= 4 is 11.3 Å². The highest BCUT2D eigenvalue weighted by molar-refractivity contribution is 7.13. The topological polar surface area (TPSA) is 31.4 Å². The van der Waals surface area contributed by atoms with Gasteiger partial charge in [0.25, 0.3) is 0 Å². The predicted octanol–water partition coefficient (Wildman–Crippen LogP) is 2.63. The summed E-state index contributed by atoms with van der Waals surface area (Å²) in [5.41, 5.74) is 0.933. The second-order valence-corrected chi connectivity index (χ2v) is 3.68. The van der Waals surface area contributed by atoms with E-state index in [0.29, 0.717) is 11.5 Å². The molecule has 0 aliphatic rings. The molecule has 0 aliphatic heterocycles. The number of thiazole rings is 1. The fourth-order valence-electron chi connectivity index (χ4n) is 1.37. The predicted molar refractivity (Wildman–Crippen MR) is 59.5 cm³/mol. The van der Waals surface area contributed by atoms with Crippen molar-refractivity contribution in [3.8, 4) is 22.1 Å². The van der Waals surface area contributed by atoms with Crippen LogP contribution in [0.25, 0.3) is 10.6 Å². The van der Waals surface area contributed by atoms with Crippen LogP contribution in [-0.4, -0.2) is 19.2 Å². The van der Waals surface area contributed by atoms with Gasteiger partial charge < -0.3 is 9.47 Å². The first-order valence-electron chi connectivity index (χ1n) is 4.39. The summed E-state index contributed by atoms with van der Waals surface area (Å²) in [6.45, 7) is 0. The number of hydrogen-bond acceptors (Lipinski definition) is 4. The Bertz CT molecular complexity index is 440. The zero-order chi connectivity index (χ0) is 10.7. The molecule has 0 N–H and O–H groups in total. The van der Waals surface area contributed by atoms with Gasteiger partial charge in [-0.25, -0.2) is 4.98 Å². The lowest BCUT2D eigenvalue weighted by Crippen LogP contribution is -1.92. The molecule has 2 rings (SSSR count). The number of nitrogens with zero attached hydrogens (tertiary/aromatic N) is 1. The molecule has 1 radical (unpaired) electrons. The lowest BCUT2D eigenvalue weighted by molar-refractivity contribution is 0.356. The number of ether oxygens (including phenoxy) is 2. The largest absolute Gasteiger partial charge is 0.493 e. The van der Waals surface area contributed by atoms with Crippen molar-refractivity contribution in [2.45, 2.75) is 0 Å². The van der Waals surface area contributed by atoms with Crippen molar-refractivity contribution in [1.82, 2.24) is 4.98 Å². The molecule has 1 heterocycles. The Hall–Kier alpha value is -1.55. The van der Waals surface area contributed by atoms with Crippen LogP contribution in [0.1, 0.15) is 0 Å². The van der Waals surface area contributed by atoms with E-state index < -0.39 is 0 Å². The zero-order valence-corrected chi connectivity index (χ0v) is 9.30. The lowest BCUT2D eigenvalue weighted by Gasteiger charge is -2.10. The molecule has 0 amide bonds. The highest BCUT2D eigenvalue weighted by Crippen LogP contribution is 2.38. The van der Waals surface area contributed by atoms with Crippen molar-refractivity contribution in [2.75, 3.05) is 14.2 Å². The highest BCUT2D eigenvalue weighted by Gasteiger charge is 2.12. The molecule has 4 heteroatoms. The van der Waals surface area contributed by atoms with Gasteiger partial charge in [0.2, 0.25) is 0 Å². The van der Waals surface area contributed by atoms with Crippen LogP contribution >= 0.6 is 11.3 Å². The van der Waals surface area contributed by atoms with E-state index >= 15 is 0 Å². The fraction of sp³-hybridized carbons (Fsp3) is 0.182. The molecule has 0 spiro atoms. The Kier molecular flexibility index (Phi) is 2.87. The van der Waals surface area contributed by atoms with Gasteiger partial charge in [-0.3, -0.25) is 0 Å². The molecule has 1 aromatic heterocycles. The maximum atomic E-state index is 5.32. The van der Waals surface area contributed by atoms with Gasteiger partial charge in [-0.1, -0.05) is 6.07 Å². The molecule has 77 valence electrons. The quantitative estimate of drug-likeness (QED) is 0.796. The highest BCUT2D eigenvalue weighted by atomic mass is 32.1. The Morgan fingerprint density at radius 2 is 2.13 bits per heavy atom. The third kappa shape index (κ3) is 1.80. The molecule has 0 saturated heterocycles. The van der Waals surface area contributed by atoms with Crippen LogP contribution in [-0.2, 0) is 0 Å². The molecule has 2 aromatic rings. The van der Waals surface area contributed by atoms with E-state index in [1.165, 1.54) is 11.3 Å². The summed E-state index contributed by atoms with van der Waals surface area (Å²) in [5, 5.41) is 2.69. The molecule has 0 aliphatic carbocycles. The van der Waals surface area contributed by atoms with Crippen LogP contribution in [0.2, 0.25) is 0 Å². The maximum Gasteiger partial charge on any atom is 0.170 e. The zero-order valence-electron chi connectivity index (χ0n) is 8.48. The van der Waals surface area contributed by atoms with Crippen molar-refractivity contribution < 1.29 is 9.47 Å². The van der Waals surface area contributed by atoms with Crippen LogP contribution in [0.3, 0.4) is 0 Å². The Balaban J connectivity index is 2.56. The maximum absolute atomic E-state index is 5.32. The van der Waals surface area contributed by atoms with Crippen molar-refractivity contribution in [2.24, 2.45) is 0 Å². The fourth-order valence-corrected chi connectivity index (χ4v) is 1.98. The Morgan fingerprint density at radius 1 is 1.27 bits per heavy atom. The normalized spacial score (nSPS) is 10.0. The van der Waals surface area contributed by atoms with Crippen LogP contribution in [0.5, 0.6) is 11.5 Å². The molecule has 0 saturated carbocycles.